The Balaban J connectivity index is 2.42. The van der Waals surface area contributed by atoms with Crippen molar-refractivity contribution in [3.8, 4) is 0 Å². The van der Waals surface area contributed by atoms with Crippen molar-refractivity contribution in [1.82, 2.24) is 15.5 Å². The van der Waals surface area contributed by atoms with Gasteiger partial charge in [-0.3, -0.25) is 9.59 Å². The molecule has 1 aliphatic rings. The summed E-state index contributed by atoms with van der Waals surface area (Å²) < 4.78 is 5.46. The molecule has 2 N–H and O–H groups in total. The summed E-state index contributed by atoms with van der Waals surface area (Å²) in [5, 5.41) is 5.89. The van der Waals surface area contributed by atoms with Gasteiger partial charge in [0.25, 0.3) is 0 Å². The highest BCUT2D eigenvalue weighted by molar-refractivity contribution is 7.98. The zero-order valence-corrected chi connectivity index (χ0v) is 23.9. The van der Waals surface area contributed by atoms with E-state index in [0.717, 1.165) is 36.8 Å². The van der Waals surface area contributed by atoms with Crippen molar-refractivity contribution in [3.63, 3.8) is 0 Å². The number of rotatable bonds is 13. The van der Waals surface area contributed by atoms with Crippen molar-refractivity contribution in [1.29, 1.82) is 0 Å². The highest BCUT2D eigenvalue weighted by Crippen LogP contribution is 2.41. The topological polar surface area (TPSA) is 87.7 Å². The van der Waals surface area contributed by atoms with Crippen molar-refractivity contribution in [3.05, 3.63) is 35.4 Å². The summed E-state index contributed by atoms with van der Waals surface area (Å²) in [5.74, 6) is 0.574. The molecule has 0 radical (unpaired) electrons. The largest absolute Gasteiger partial charge is 0.444 e. The molecule has 0 spiro atoms. The van der Waals surface area contributed by atoms with Crippen LogP contribution in [0, 0.1) is 12.8 Å². The lowest BCUT2D eigenvalue weighted by atomic mass is 9.97. The van der Waals surface area contributed by atoms with E-state index in [1.165, 1.54) is 0 Å². The van der Waals surface area contributed by atoms with Gasteiger partial charge in [0, 0.05) is 12.6 Å². The van der Waals surface area contributed by atoms with Gasteiger partial charge in [-0.15, -0.1) is 0 Å². The van der Waals surface area contributed by atoms with Crippen molar-refractivity contribution < 1.29 is 19.1 Å². The fourth-order valence-electron chi connectivity index (χ4n) is 4.29. The molecule has 1 aliphatic carbocycles. The fourth-order valence-corrected chi connectivity index (χ4v) is 4.76. The third kappa shape index (κ3) is 9.02. The molecule has 0 bridgehead atoms. The average molecular weight is 520 g/mol. The van der Waals surface area contributed by atoms with Crippen LogP contribution in [0.3, 0.4) is 0 Å². The van der Waals surface area contributed by atoms with Gasteiger partial charge in [0.15, 0.2) is 0 Å². The van der Waals surface area contributed by atoms with Gasteiger partial charge in [-0.25, -0.2) is 4.79 Å². The number of hydrogen-bond donors (Lipinski definition) is 2. The standard InChI is InChI=1S/C28H45N3O4S/c1-8-9-12-16-29-25(32)24(21-14-11-10-13-19(21)2)31(23-18-20(23)3)26(33)22(15-17-36-7)30-27(34)35-28(4,5)6/h10-11,13-14,20,22-24H,8-9,12,15-18H2,1-7H3,(H,29,32)(H,30,34). The van der Waals surface area contributed by atoms with Crippen molar-refractivity contribution >= 4 is 29.7 Å². The van der Waals surface area contributed by atoms with Crippen LogP contribution in [0.1, 0.15) is 83.9 Å². The average Bonchev–Trinajstić information content (AvgIpc) is 3.52. The highest BCUT2D eigenvalue weighted by Gasteiger charge is 2.48. The zero-order valence-electron chi connectivity index (χ0n) is 23.1. The molecule has 0 saturated heterocycles. The van der Waals surface area contributed by atoms with E-state index < -0.39 is 23.8 Å². The Morgan fingerprint density at radius 2 is 1.86 bits per heavy atom. The SMILES string of the molecule is CCCCCNC(=O)C(c1ccccc1C)N(C(=O)C(CCSC)NC(=O)OC(C)(C)C)C1CC1C. The number of ether oxygens (including phenoxy) is 1. The van der Waals surface area contributed by atoms with E-state index in [1.54, 1.807) is 37.4 Å². The summed E-state index contributed by atoms with van der Waals surface area (Å²) in [5.41, 5.74) is 1.10. The first-order valence-corrected chi connectivity index (χ1v) is 14.5. The lowest BCUT2D eigenvalue weighted by molar-refractivity contribution is -0.143. The van der Waals surface area contributed by atoms with Crippen LogP contribution in [-0.2, 0) is 14.3 Å². The van der Waals surface area contributed by atoms with Crippen LogP contribution in [0.5, 0.6) is 0 Å². The first-order valence-electron chi connectivity index (χ1n) is 13.1. The Morgan fingerprint density at radius 3 is 2.42 bits per heavy atom. The number of alkyl carbamates (subject to hydrolysis) is 1. The Morgan fingerprint density at radius 1 is 1.19 bits per heavy atom. The van der Waals surface area contributed by atoms with Crippen molar-refractivity contribution in [2.45, 2.75) is 97.4 Å². The van der Waals surface area contributed by atoms with E-state index >= 15 is 0 Å². The van der Waals surface area contributed by atoms with Crippen LogP contribution < -0.4 is 10.6 Å². The number of carbonyl (C=O) groups excluding carboxylic acids is 3. The minimum Gasteiger partial charge on any atom is -0.444 e. The van der Waals surface area contributed by atoms with Gasteiger partial charge in [-0.05, 0) is 76.0 Å². The monoisotopic (exact) mass is 519 g/mol. The second kappa shape index (κ2) is 13.9. The van der Waals surface area contributed by atoms with Gasteiger partial charge in [-0.2, -0.15) is 11.8 Å². The van der Waals surface area contributed by atoms with E-state index in [0.29, 0.717) is 18.7 Å². The summed E-state index contributed by atoms with van der Waals surface area (Å²) in [6, 6.07) is 6.15. The van der Waals surface area contributed by atoms with Crippen LogP contribution >= 0.6 is 11.8 Å². The molecule has 1 aromatic carbocycles. The number of nitrogens with one attached hydrogen (secondary N) is 2. The number of hydrogen-bond acceptors (Lipinski definition) is 5. The van der Waals surface area contributed by atoms with Crippen LogP contribution in [0.2, 0.25) is 0 Å². The Kier molecular flexibility index (Phi) is 11.6. The van der Waals surface area contributed by atoms with Gasteiger partial charge in [0.05, 0.1) is 0 Å². The lowest BCUT2D eigenvalue weighted by Crippen LogP contribution is -2.54. The number of unbranched alkanes of at least 4 members (excludes halogenated alkanes) is 2. The van der Waals surface area contributed by atoms with E-state index in [4.69, 9.17) is 4.74 Å². The molecule has 3 amide bonds. The molecular weight excluding hydrogens is 474 g/mol. The summed E-state index contributed by atoms with van der Waals surface area (Å²) >= 11 is 1.61. The molecule has 1 aromatic rings. The van der Waals surface area contributed by atoms with Crippen LogP contribution in [-0.4, -0.2) is 59.0 Å². The number of thioether (sulfide) groups is 1. The van der Waals surface area contributed by atoms with Crippen molar-refractivity contribution in [2.24, 2.45) is 5.92 Å². The minimum atomic E-state index is -0.778. The maximum Gasteiger partial charge on any atom is 0.408 e. The summed E-state index contributed by atoms with van der Waals surface area (Å²) in [6.45, 7) is 12.1. The molecule has 0 aromatic heterocycles. The predicted molar refractivity (Wildman–Crippen MR) is 147 cm³/mol. The maximum atomic E-state index is 14.2. The van der Waals surface area contributed by atoms with E-state index in [1.807, 2.05) is 37.4 Å². The van der Waals surface area contributed by atoms with E-state index in [9.17, 15) is 14.4 Å². The minimum absolute atomic E-state index is 0.0549. The second-order valence-corrected chi connectivity index (χ2v) is 11.7. The molecule has 36 heavy (non-hydrogen) atoms. The summed E-state index contributed by atoms with van der Waals surface area (Å²) in [6.07, 6.45) is 5.63. The number of amides is 3. The Hall–Kier alpha value is -2.22. The van der Waals surface area contributed by atoms with Gasteiger partial charge < -0.3 is 20.3 Å². The quantitative estimate of drug-likeness (QED) is 0.349. The maximum absolute atomic E-state index is 14.2. The van der Waals surface area contributed by atoms with Gasteiger partial charge in [0.1, 0.15) is 17.7 Å². The number of carbonyl (C=O) groups is 3. The summed E-state index contributed by atoms with van der Waals surface area (Å²) in [4.78, 5) is 42.2. The molecule has 1 fully saturated rings. The van der Waals surface area contributed by atoms with Gasteiger partial charge >= 0.3 is 6.09 Å². The Bertz CT molecular complexity index is 886. The molecule has 8 heteroatoms. The lowest BCUT2D eigenvalue weighted by Gasteiger charge is -2.35. The highest BCUT2D eigenvalue weighted by atomic mass is 32.2. The molecule has 0 aliphatic heterocycles. The van der Waals surface area contributed by atoms with Crippen LogP contribution in [0.15, 0.2) is 24.3 Å². The molecule has 202 valence electrons. The smallest absolute Gasteiger partial charge is 0.408 e. The molecule has 0 heterocycles. The number of aryl methyl sites for hydroxylation is 1. The van der Waals surface area contributed by atoms with Gasteiger partial charge in [0.2, 0.25) is 11.8 Å². The fraction of sp³-hybridized carbons (Fsp3) is 0.679. The zero-order chi connectivity index (χ0) is 26.9. The van der Waals surface area contributed by atoms with E-state index in [-0.39, 0.29) is 23.8 Å². The first-order chi connectivity index (χ1) is 17.0. The third-order valence-corrected chi connectivity index (χ3v) is 7.01. The number of nitrogens with zero attached hydrogens (tertiary/aromatic N) is 1. The molecular formula is C28H45N3O4S. The molecule has 2 rings (SSSR count). The molecule has 1 saturated carbocycles. The first kappa shape index (κ1) is 30.0. The second-order valence-electron chi connectivity index (χ2n) is 10.8. The molecule has 4 unspecified atom stereocenters. The predicted octanol–water partition coefficient (Wildman–Crippen LogP) is 5.23. The molecule has 4 atom stereocenters. The molecule has 7 nitrogen and oxygen atoms in total. The summed E-state index contributed by atoms with van der Waals surface area (Å²) in [7, 11) is 0. The van der Waals surface area contributed by atoms with Crippen LogP contribution in [0.4, 0.5) is 4.79 Å². The van der Waals surface area contributed by atoms with E-state index in [2.05, 4.69) is 24.5 Å². The normalized spacial score (nSPS) is 18.6. The van der Waals surface area contributed by atoms with Gasteiger partial charge in [-0.1, -0.05) is 51.0 Å². The number of benzene rings is 1. The van der Waals surface area contributed by atoms with Crippen molar-refractivity contribution in [2.75, 3.05) is 18.6 Å². The third-order valence-electron chi connectivity index (χ3n) is 6.37. The Labute approximate surface area is 221 Å². The van der Waals surface area contributed by atoms with Crippen LogP contribution in [0.25, 0.3) is 0 Å².